The molecule has 0 saturated heterocycles. The molecule has 4 aromatic rings. The monoisotopic (exact) mass is 823 g/mol. The molecule has 0 amide bonds. The van der Waals surface area contributed by atoms with Crippen LogP contribution in [-0.2, 0) is 26.4 Å². The Morgan fingerprint density at radius 3 is 1.67 bits per heavy atom. The zero-order valence-corrected chi connectivity index (χ0v) is 38.4. The third kappa shape index (κ3) is 6.38. The number of hydrogen-bond acceptors (Lipinski definition) is 0. The average Bonchev–Trinajstić information content (AvgIpc) is 3.68. The molecule has 4 aromatic carbocycles. The predicted molar refractivity (Wildman–Crippen MR) is 230 cm³/mol. The van der Waals surface area contributed by atoms with Crippen molar-refractivity contribution in [2.24, 2.45) is 5.92 Å². The number of aryl methyl sites for hydroxylation is 1. The molecule has 0 spiro atoms. The molecular weight excluding hydrogens is 767 g/mol. The summed E-state index contributed by atoms with van der Waals surface area (Å²) < 4.78 is 0.217. The van der Waals surface area contributed by atoms with E-state index in [2.05, 4.69) is 159 Å². The Morgan fingerprint density at radius 2 is 1.15 bits per heavy atom. The van der Waals surface area contributed by atoms with E-state index in [1.807, 2.05) is 0 Å². The molecule has 1 saturated carbocycles. The summed E-state index contributed by atoms with van der Waals surface area (Å²) in [6, 6.07) is 30.3. The zero-order valence-electron chi connectivity index (χ0n) is 33.3. The molecule has 0 bridgehead atoms. The van der Waals surface area contributed by atoms with Crippen LogP contribution >= 0.6 is 17.0 Å². The minimum absolute atomic E-state index is 0.0953. The van der Waals surface area contributed by atoms with Crippen molar-refractivity contribution < 1.29 is 15.6 Å². The van der Waals surface area contributed by atoms with Crippen molar-refractivity contribution in [3.8, 4) is 22.3 Å². The predicted octanol–water partition coefficient (Wildman–Crippen LogP) is 15.1. The summed E-state index contributed by atoms with van der Waals surface area (Å²) in [5.41, 5.74) is 17.9. The van der Waals surface area contributed by atoms with Gasteiger partial charge in [-0.05, 0) is 0 Å². The molecule has 0 heterocycles. The summed E-state index contributed by atoms with van der Waals surface area (Å²) in [4.78, 5) is 0. The van der Waals surface area contributed by atoms with Crippen LogP contribution in [0.5, 0.6) is 0 Å². The fourth-order valence-corrected chi connectivity index (χ4v) is 42.0. The molecule has 4 heteroatoms. The van der Waals surface area contributed by atoms with Crippen molar-refractivity contribution >= 4 is 35.1 Å². The maximum atomic E-state index is 8.87. The van der Waals surface area contributed by atoms with Crippen LogP contribution in [0.1, 0.15) is 127 Å². The van der Waals surface area contributed by atoms with Gasteiger partial charge in [-0.25, -0.2) is 0 Å². The Kier molecular flexibility index (Phi) is 10.1. The first kappa shape index (κ1) is 38.3. The average molecular weight is 826 g/mol. The van der Waals surface area contributed by atoms with E-state index in [1.54, 1.807) is 5.57 Å². The van der Waals surface area contributed by atoms with Crippen LogP contribution in [0.15, 0.2) is 90.0 Å². The van der Waals surface area contributed by atoms with Crippen LogP contribution in [0.2, 0.25) is 13.1 Å². The topological polar surface area (TPSA) is 0 Å². The van der Waals surface area contributed by atoms with Gasteiger partial charge in [-0.1, -0.05) is 0 Å². The first-order valence-electron chi connectivity index (χ1n) is 19.9. The Bertz CT molecular complexity index is 2060. The summed E-state index contributed by atoms with van der Waals surface area (Å²) in [6.45, 7) is 23.4. The Morgan fingerprint density at radius 1 is 0.615 bits per heavy atom. The van der Waals surface area contributed by atoms with E-state index in [9.17, 15) is 0 Å². The fraction of sp³-hybridized carbons (Fsp3) is 0.417. The number of fused-ring (bicyclic) bond motifs is 2. The Hall–Kier alpha value is -1.96. The number of hydrogen-bond donors (Lipinski definition) is 0. The third-order valence-electron chi connectivity index (χ3n) is 13.1. The molecule has 3 aliphatic rings. The SMILES string of the molecule is CC1=Cc2c(-c3ccc(C(C)(C)C)cc3)ccc(C)c2[CH]1[Zr]([Cl])([Cl])([CH]1C(C2CCCCC2)=Cc2c(-c3ccc(C(C)(C)C)cc3)cccc21)[SiH](C)C. The van der Waals surface area contributed by atoms with E-state index in [0.29, 0.717) is 5.92 Å². The van der Waals surface area contributed by atoms with Crippen molar-refractivity contribution in [1.29, 1.82) is 0 Å². The number of allylic oxidation sites excluding steroid dienone is 2. The van der Waals surface area contributed by atoms with Gasteiger partial charge in [-0.2, -0.15) is 0 Å². The normalized spacial score (nSPS) is 20.3. The quantitative estimate of drug-likeness (QED) is 0.170. The van der Waals surface area contributed by atoms with Gasteiger partial charge in [0.1, 0.15) is 0 Å². The standard InChI is InChI=1S/C25H29.C21H23.C2H7Si.2ClH.Zr/c1-25(2,3)22-14-12-19(13-15-22)23-11-7-10-20-16-21(17-24(20)23)18-8-5-4-6-9-18;1-14-12-19-15(2)6-11-18(20(19)13-14)16-7-9-17(10-8-16)21(3,4)5;1-3-2;;;/h7,10-18H,4-6,8-9H2,1-3H3;6-13H,1-5H3;3H,1-2H3;2*1H;/q;;;;;+2/p-2. The van der Waals surface area contributed by atoms with Crippen molar-refractivity contribution in [3.63, 3.8) is 0 Å². The fourth-order valence-electron chi connectivity index (χ4n) is 10.0. The summed E-state index contributed by atoms with van der Waals surface area (Å²) in [5, 5.41) is 0. The van der Waals surface area contributed by atoms with Crippen molar-refractivity contribution in [2.45, 2.75) is 119 Å². The van der Waals surface area contributed by atoms with E-state index in [4.69, 9.17) is 17.0 Å². The molecule has 0 N–H and O–H groups in total. The van der Waals surface area contributed by atoms with Gasteiger partial charge in [-0.15, -0.1) is 0 Å². The van der Waals surface area contributed by atoms with Crippen LogP contribution in [0.25, 0.3) is 34.4 Å². The number of halogens is 2. The number of benzene rings is 4. The van der Waals surface area contributed by atoms with Crippen molar-refractivity contribution in [2.75, 3.05) is 0 Å². The summed E-state index contributed by atoms with van der Waals surface area (Å²) >= 11 is -4.91. The number of rotatable bonds is 6. The van der Waals surface area contributed by atoms with E-state index in [0.717, 1.165) is 0 Å². The van der Waals surface area contributed by atoms with Crippen LogP contribution in [0.4, 0.5) is 0 Å². The van der Waals surface area contributed by atoms with Crippen molar-refractivity contribution in [3.05, 3.63) is 129 Å². The second kappa shape index (κ2) is 13.7. The van der Waals surface area contributed by atoms with Gasteiger partial charge in [0.25, 0.3) is 0 Å². The Labute approximate surface area is 323 Å². The van der Waals surface area contributed by atoms with Gasteiger partial charge in [0.2, 0.25) is 0 Å². The molecule has 52 heavy (non-hydrogen) atoms. The first-order valence-corrected chi connectivity index (χ1v) is 36.2. The van der Waals surface area contributed by atoms with Gasteiger partial charge >= 0.3 is 326 Å². The van der Waals surface area contributed by atoms with E-state index in [-0.39, 0.29) is 18.1 Å². The van der Waals surface area contributed by atoms with Gasteiger partial charge in [0, 0.05) is 0 Å². The summed E-state index contributed by atoms with van der Waals surface area (Å²) in [7, 11) is 17.7. The molecule has 273 valence electrons. The third-order valence-corrected chi connectivity index (χ3v) is 65.0. The van der Waals surface area contributed by atoms with E-state index < -0.39 is 21.5 Å². The summed E-state index contributed by atoms with van der Waals surface area (Å²) in [5.74, 6) is -1.12. The van der Waals surface area contributed by atoms with Crippen LogP contribution in [0, 0.1) is 12.8 Å². The molecule has 0 aromatic heterocycles. The second-order valence-electron chi connectivity index (χ2n) is 18.8. The van der Waals surface area contributed by atoms with Crippen LogP contribution in [-0.4, -0.2) is 5.92 Å². The molecule has 7 rings (SSSR count). The Balaban J connectivity index is 1.42. The molecule has 0 nitrogen and oxygen atoms in total. The van der Waals surface area contributed by atoms with Gasteiger partial charge in [0.05, 0.1) is 0 Å². The molecule has 3 aliphatic carbocycles. The van der Waals surface area contributed by atoms with Gasteiger partial charge in [-0.3, -0.25) is 0 Å². The minimum atomic E-state index is -4.91. The van der Waals surface area contributed by atoms with Crippen LogP contribution in [0.3, 0.4) is 0 Å². The van der Waals surface area contributed by atoms with E-state index >= 15 is 0 Å². The molecular formula is C48H59Cl2SiZr. The second-order valence-corrected chi connectivity index (χ2v) is 61.3. The molecule has 0 radical (unpaired) electrons. The molecule has 2 unspecified atom stereocenters. The van der Waals surface area contributed by atoms with Gasteiger partial charge in [0.15, 0.2) is 0 Å². The van der Waals surface area contributed by atoms with Gasteiger partial charge < -0.3 is 0 Å². The maximum absolute atomic E-state index is 8.87. The molecule has 1 fully saturated rings. The van der Waals surface area contributed by atoms with Crippen LogP contribution < -0.4 is 0 Å². The summed E-state index contributed by atoms with van der Waals surface area (Å²) in [6.07, 6.45) is 11.5. The first-order chi connectivity index (χ1) is 24.4. The molecule has 0 aliphatic heterocycles. The molecule has 2 atom stereocenters. The van der Waals surface area contributed by atoms with Crippen molar-refractivity contribution in [1.82, 2.24) is 0 Å². The van der Waals surface area contributed by atoms with E-state index in [1.165, 1.54) is 98.9 Å². The zero-order chi connectivity index (χ0) is 37.4.